The zero-order valence-corrected chi connectivity index (χ0v) is 24.9. The topological polar surface area (TPSA) is 71.5 Å². The normalized spacial score (nSPS) is 17.4. The summed E-state index contributed by atoms with van der Waals surface area (Å²) in [7, 11) is 0. The van der Waals surface area contributed by atoms with Crippen LogP contribution in [-0.2, 0) is 32.1 Å². The molecule has 45 heavy (non-hydrogen) atoms. The molecule has 0 radical (unpaired) electrons. The van der Waals surface area contributed by atoms with E-state index in [0.717, 1.165) is 11.1 Å². The van der Waals surface area contributed by atoms with E-state index < -0.39 is 65.0 Å². The fraction of sp³-hybridized carbons (Fsp3) is 0.406. The predicted octanol–water partition coefficient (Wildman–Crippen LogP) is 7.53. The van der Waals surface area contributed by atoms with E-state index in [9.17, 15) is 40.3 Å². The number of aryl methyl sites for hydroxylation is 1. The Bertz CT molecular complexity index is 1540. The lowest BCUT2D eigenvalue weighted by atomic mass is 9.79. The Morgan fingerprint density at radius 3 is 2.13 bits per heavy atom. The summed E-state index contributed by atoms with van der Waals surface area (Å²) in [6.07, 6.45) is -9.74. The van der Waals surface area contributed by atoms with Gasteiger partial charge in [0.1, 0.15) is 18.6 Å². The number of esters is 1. The summed E-state index contributed by atoms with van der Waals surface area (Å²) in [4.78, 5) is 30.9. The highest BCUT2D eigenvalue weighted by Gasteiger charge is 2.40. The summed E-state index contributed by atoms with van der Waals surface area (Å²) in [5, 5.41) is 2.96. The molecule has 6 nitrogen and oxygen atoms in total. The summed E-state index contributed by atoms with van der Waals surface area (Å²) in [5.74, 6) is -0.778. The first-order chi connectivity index (χ1) is 20.9. The van der Waals surface area contributed by atoms with Crippen LogP contribution in [0.15, 0.2) is 54.7 Å². The SMILES string of the molecule is CC(=O)OC[C@@H]1C[C@H](F)CN1c1cc(-c2ccccc2C)c(NCC(=O)C(C)(C)c2cc(C(F)(F)F)cc(C(F)(F)F)c2)cn1. The number of pyridine rings is 1. The summed E-state index contributed by atoms with van der Waals surface area (Å²) in [5.41, 5.74) is -2.64. The molecule has 1 aliphatic rings. The van der Waals surface area contributed by atoms with Gasteiger partial charge in [-0.25, -0.2) is 9.37 Å². The molecule has 0 unspecified atom stereocenters. The van der Waals surface area contributed by atoms with Crippen molar-refractivity contribution < 1.29 is 45.1 Å². The van der Waals surface area contributed by atoms with Crippen LogP contribution in [0.3, 0.4) is 0 Å². The molecule has 0 bridgehead atoms. The molecule has 1 saturated heterocycles. The number of hydrogen-bond acceptors (Lipinski definition) is 6. The van der Waals surface area contributed by atoms with Gasteiger partial charge in [-0.05, 0) is 61.7 Å². The molecule has 1 aliphatic heterocycles. The van der Waals surface area contributed by atoms with Gasteiger partial charge in [0.15, 0.2) is 5.78 Å². The van der Waals surface area contributed by atoms with Crippen LogP contribution in [0.4, 0.5) is 42.2 Å². The van der Waals surface area contributed by atoms with E-state index in [1.165, 1.54) is 27.0 Å². The number of nitrogens with zero attached hydrogens (tertiary/aromatic N) is 2. The zero-order valence-electron chi connectivity index (χ0n) is 24.9. The molecule has 1 aromatic heterocycles. The quantitative estimate of drug-likeness (QED) is 0.193. The summed E-state index contributed by atoms with van der Waals surface area (Å²) < 4.78 is 100. The van der Waals surface area contributed by atoms with Crippen LogP contribution in [0.25, 0.3) is 11.1 Å². The monoisotopic (exact) mass is 639 g/mol. The van der Waals surface area contributed by atoms with Gasteiger partial charge < -0.3 is 15.0 Å². The summed E-state index contributed by atoms with van der Waals surface area (Å²) in [6, 6.07) is 9.67. The van der Waals surface area contributed by atoms with Crippen molar-refractivity contribution in [2.45, 2.75) is 64.1 Å². The Labute approximate surface area is 255 Å². The molecule has 2 heterocycles. The molecule has 0 amide bonds. The Morgan fingerprint density at radius 1 is 0.956 bits per heavy atom. The number of anilines is 2. The number of nitrogens with one attached hydrogen (secondary N) is 1. The minimum Gasteiger partial charge on any atom is -0.464 e. The molecule has 2 aromatic carbocycles. The van der Waals surface area contributed by atoms with E-state index in [1.807, 2.05) is 25.1 Å². The summed E-state index contributed by atoms with van der Waals surface area (Å²) in [6.45, 7) is 5.17. The average molecular weight is 640 g/mol. The van der Waals surface area contributed by atoms with Crippen molar-refractivity contribution >= 4 is 23.3 Å². The second-order valence-electron chi connectivity index (χ2n) is 11.5. The maximum absolute atomic E-state index is 14.5. The molecule has 13 heteroatoms. The van der Waals surface area contributed by atoms with Crippen LogP contribution in [0.1, 0.15) is 49.4 Å². The van der Waals surface area contributed by atoms with Gasteiger partial charge in [-0.3, -0.25) is 9.59 Å². The van der Waals surface area contributed by atoms with E-state index in [-0.39, 0.29) is 25.6 Å². The molecule has 0 aliphatic carbocycles. The Balaban J connectivity index is 1.67. The third-order valence-electron chi connectivity index (χ3n) is 7.91. The van der Waals surface area contributed by atoms with Crippen molar-refractivity contribution in [3.05, 3.63) is 77.0 Å². The van der Waals surface area contributed by atoms with Gasteiger partial charge in [-0.1, -0.05) is 24.3 Å². The average Bonchev–Trinajstić information content (AvgIpc) is 3.34. The number of aromatic nitrogens is 1. The molecular formula is C32H32F7N3O3. The number of halogens is 7. The van der Waals surface area contributed by atoms with E-state index in [4.69, 9.17) is 4.74 Å². The largest absolute Gasteiger partial charge is 0.464 e. The molecule has 0 spiro atoms. The lowest BCUT2D eigenvalue weighted by Crippen LogP contribution is -2.35. The van der Waals surface area contributed by atoms with Crippen LogP contribution in [0, 0.1) is 6.92 Å². The van der Waals surface area contributed by atoms with Gasteiger partial charge in [-0.15, -0.1) is 0 Å². The van der Waals surface area contributed by atoms with E-state index in [2.05, 4.69) is 10.3 Å². The van der Waals surface area contributed by atoms with Crippen molar-refractivity contribution in [2.24, 2.45) is 0 Å². The second kappa shape index (κ2) is 12.7. The van der Waals surface area contributed by atoms with Crippen LogP contribution in [0.2, 0.25) is 0 Å². The number of rotatable bonds is 9. The smallest absolute Gasteiger partial charge is 0.416 e. The standard InChI is InChI=1S/C32H32F7N3O3/c1-18-7-5-6-8-25(18)26-13-29(42-16-23(33)12-24(42)17-45-19(2)43)41-14-27(26)40-15-28(44)30(3,4)20-9-21(31(34,35)36)11-22(10-20)32(37,38)39/h5-11,13-14,23-24,40H,12,15-17H2,1-4H3/t23-,24-/m0/s1. The van der Waals surface area contributed by atoms with E-state index in [1.54, 1.807) is 17.0 Å². The first-order valence-corrected chi connectivity index (χ1v) is 14.0. The number of ether oxygens (including phenoxy) is 1. The van der Waals surface area contributed by atoms with Crippen molar-refractivity contribution in [1.82, 2.24) is 4.98 Å². The van der Waals surface area contributed by atoms with Crippen LogP contribution in [0.5, 0.6) is 0 Å². The van der Waals surface area contributed by atoms with Crippen molar-refractivity contribution in [3.8, 4) is 11.1 Å². The predicted molar refractivity (Wildman–Crippen MR) is 155 cm³/mol. The number of hydrogen-bond donors (Lipinski definition) is 1. The molecule has 242 valence electrons. The maximum atomic E-state index is 14.5. The van der Waals surface area contributed by atoms with Crippen molar-refractivity contribution in [2.75, 3.05) is 29.9 Å². The fourth-order valence-corrected chi connectivity index (χ4v) is 5.23. The first-order valence-electron chi connectivity index (χ1n) is 14.0. The van der Waals surface area contributed by atoms with Gasteiger partial charge in [0.05, 0.1) is 47.6 Å². The number of carbonyl (C=O) groups excluding carboxylic acids is 2. The number of Topliss-reactive ketones (excluding diaryl/α,β-unsaturated/α-hetero) is 1. The van der Waals surface area contributed by atoms with E-state index >= 15 is 0 Å². The Morgan fingerprint density at radius 2 is 1.56 bits per heavy atom. The van der Waals surface area contributed by atoms with Crippen LogP contribution < -0.4 is 10.2 Å². The lowest BCUT2D eigenvalue weighted by molar-refractivity contribution is -0.144. The van der Waals surface area contributed by atoms with E-state index in [0.29, 0.717) is 29.2 Å². The van der Waals surface area contributed by atoms with Crippen LogP contribution in [-0.4, -0.2) is 48.6 Å². The highest BCUT2D eigenvalue weighted by atomic mass is 19.4. The number of benzene rings is 2. The Hall–Kier alpha value is -4.16. The van der Waals surface area contributed by atoms with Gasteiger partial charge in [-0.2, -0.15) is 26.3 Å². The van der Waals surface area contributed by atoms with Crippen molar-refractivity contribution in [1.29, 1.82) is 0 Å². The third-order valence-corrected chi connectivity index (χ3v) is 7.91. The second-order valence-corrected chi connectivity index (χ2v) is 11.5. The molecular weight excluding hydrogens is 607 g/mol. The van der Waals surface area contributed by atoms with Crippen molar-refractivity contribution in [3.63, 3.8) is 0 Å². The minimum atomic E-state index is -5.06. The van der Waals surface area contributed by atoms with Gasteiger partial charge in [0.2, 0.25) is 0 Å². The number of carbonyl (C=O) groups is 2. The third kappa shape index (κ3) is 7.74. The van der Waals surface area contributed by atoms with Gasteiger partial charge in [0, 0.05) is 18.9 Å². The number of alkyl halides is 7. The van der Waals surface area contributed by atoms with Gasteiger partial charge in [0.25, 0.3) is 0 Å². The molecule has 1 N–H and O–H groups in total. The first kappa shape index (κ1) is 33.7. The Kier molecular flexibility index (Phi) is 9.51. The molecule has 1 fully saturated rings. The molecule has 3 aromatic rings. The van der Waals surface area contributed by atoms with Gasteiger partial charge >= 0.3 is 18.3 Å². The minimum absolute atomic E-state index is 0.0164. The summed E-state index contributed by atoms with van der Waals surface area (Å²) >= 11 is 0. The fourth-order valence-electron chi connectivity index (χ4n) is 5.23. The van der Waals surface area contributed by atoms with Crippen LogP contribution >= 0.6 is 0 Å². The number of ketones is 1. The highest BCUT2D eigenvalue weighted by molar-refractivity contribution is 5.94. The lowest BCUT2D eigenvalue weighted by Gasteiger charge is -2.27. The molecule has 2 atom stereocenters. The highest BCUT2D eigenvalue weighted by Crippen LogP contribution is 2.40. The zero-order chi connectivity index (χ0) is 33.3. The maximum Gasteiger partial charge on any atom is 0.416 e. The molecule has 0 saturated carbocycles. The molecule has 4 rings (SSSR count).